The molecule has 17 heavy (non-hydrogen) atoms. The van der Waals surface area contributed by atoms with Gasteiger partial charge in [-0.25, -0.2) is 4.98 Å². The van der Waals surface area contributed by atoms with Crippen molar-refractivity contribution in [1.29, 1.82) is 0 Å². The van der Waals surface area contributed by atoms with Gasteiger partial charge in [-0.15, -0.1) is 11.3 Å². The number of rotatable bonds is 2. The summed E-state index contributed by atoms with van der Waals surface area (Å²) in [5, 5.41) is 6.91. The predicted octanol–water partition coefficient (Wildman–Crippen LogP) is 2.24. The Kier molecular flexibility index (Phi) is 4.17. The summed E-state index contributed by atoms with van der Waals surface area (Å²) in [6.07, 6.45) is 1.25. The van der Waals surface area contributed by atoms with E-state index >= 15 is 0 Å². The molecule has 0 radical (unpaired) electrons. The second kappa shape index (κ2) is 5.46. The van der Waals surface area contributed by atoms with E-state index in [9.17, 15) is 0 Å². The Morgan fingerprint density at radius 3 is 2.88 bits per heavy atom. The van der Waals surface area contributed by atoms with E-state index in [2.05, 4.69) is 36.4 Å². The molecule has 0 spiro atoms. The molecule has 1 N–H and O–H groups in total. The topological polar surface area (TPSA) is 28.2 Å². The smallest absolute Gasteiger partial charge is 0.107 e. The van der Waals surface area contributed by atoms with Crippen LogP contribution >= 0.6 is 11.3 Å². The Hall–Kier alpha value is -0.450. The number of hydrogen-bond acceptors (Lipinski definition) is 4. The quantitative estimate of drug-likeness (QED) is 0.876. The molecule has 0 atom stereocenters. The Bertz CT molecular complexity index is 346. The minimum Gasteiger partial charge on any atom is -0.315 e. The van der Waals surface area contributed by atoms with E-state index in [1.807, 2.05) is 0 Å². The lowest BCUT2D eigenvalue weighted by Gasteiger charge is -2.18. The maximum atomic E-state index is 4.76. The van der Waals surface area contributed by atoms with E-state index in [-0.39, 0.29) is 5.41 Å². The number of aromatic nitrogens is 1. The van der Waals surface area contributed by atoms with E-state index < -0.39 is 0 Å². The molecule has 1 aliphatic rings. The van der Waals surface area contributed by atoms with Crippen LogP contribution in [0.15, 0.2) is 5.38 Å². The van der Waals surface area contributed by atoms with Crippen LogP contribution in [-0.2, 0) is 12.0 Å². The highest BCUT2D eigenvalue weighted by atomic mass is 32.1. The molecule has 1 saturated heterocycles. The third-order valence-corrected chi connectivity index (χ3v) is 3.95. The van der Waals surface area contributed by atoms with Crippen molar-refractivity contribution >= 4 is 11.3 Å². The van der Waals surface area contributed by atoms with Gasteiger partial charge >= 0.3 is 0 Å². The third-order valence-electron chi connectivity index (χ3n) is 3.11. The summed E-state index contributed by atoms with van der Waals surface area (Å²) in [6, 6.07) is 0. The van der Waals surface area contributed by atoms with Crippen molar-refractivity contribution in [3.8, 4) is 0 Å². The van der Waals surface area contributed by atoms with E-state index in [1.54, 1.807) is 11.3 Å². The Morgan fingerprint density at radius 2 is 2.18 bits per heavy atom. The van der Waals surface area contributed by atoms with Gasteiger partial charge in [0.1, 0.15) is 5.01 Å². The second-order valence-corrected chi connectivity index (χ2v) is 6.70. The largest absolute Gasteiger partial charge is 0.315 e. The SMILES string of the molecule is CC(C)(C)c1csc(CN2CCCNCC2)n1. The van der Waals surface area contributed by atoms with Crippen LogP contribution in [0.3, 0.4) is 0 Å². The van der Waals surface area contributed by atoms with E-state index in [0.717, 1.165) is 26.2 Å². The Balaban J connectivity index is 1.96. The molecular formula is C13H23N3S. The molecular weight excluding hydrogens is 230 g/mol. The van der Waals surface area contributed by atoms with E-state index in [4.69, 9.17) is 4.98 Å². The third kappa shape index (κ3) is 3.76. The fraction of sp³-hybridized carbons (Fsp3) is 0.769. The maximum absolute atomic E-state index is 4.76. The van der Waals surface area contributed by atoms with Gasteiger partial charge in [-0.05, 0) is 19.5 Å². The van der Waals surface area contributed by atoms with Gasteiger partial charge in [-0.1, -0.05) is 20.8 Å². The van der Waals surface area contributed by atoms with Crippen LogP contribution in [0.25, 0.3) is 0 Å². The molecule has 2 rings (SSSR count). The van der Waals surface area contributed by atoms with Gasteiger partial charge in [0, 0.05) is 23.9 Å². The highest BCUT2D eigenvalue weighted by molar-refractivity contribution is 7.09. The summed E-state index contributed by atoms with van der Waals surface area (Å²) >= 11 is 1.80. The molecule has 0 bridgehead atoms. The van der Waals surface area contributed by atoms with Gasteiger partial charge < -0.3 is 5.32 Å². The molecule has 1 fully saturated rings. The zero-order valence-corrected chi connectivity index (χ0v) is 11.9. The van der Waals surface area contributed by atoms with Crippen molar-refractivity contribution in [1.82, 2.24) is 15.2 Å². The summed E-state index contributed by atoms with van der Waals surface area (Å²) < 4.78 is 0. The highest BCUT2D eigenvalue weighted by Crippen LogP contribution is 2.24. The molecule has 1 aromatic heterocycles. The lowest BCUT2D eigenvalue weighted by atomic mass is 9.93. The van der Waals surface area contributed by atoms with Crippen molar-refractivity contribution in [3.63, 3.8) is 0 Å². The maximum Gasteiger partial charge on any atom is 0.107 e. The molecule has 0 amide bonds. The van der Waals surface area contributed by atoms with Crippen LogP contribution in [0.2, 0.25) is 0 Å². The highest BCUT2D eigenvalue weighted by Gasteiger charge is 2.18. The zero-order chi connectivity index (χ0) is 12.3. The minimum atomic E-state index is 0.176. The molecule has 96 valence electrons. The monoisotopic (exact) mass is 253 g/mol. The fourth-order valence-corrected chi connectivity index (χ4v) is 3.04. The van der Waals surface area contributed by atoms with Gasteiger partial charge in [-0.3, -0.25) is 4.90 Å². The Morgan fingerprint density at radius 1 is 1.35 bits per heavy atom. The standard InChI is InChI=1S/C13H23N3S/c1-13(2,3)11-10-17-12(15-11)9-16-7-4-5-14-6-8-16/h10,14H,4-9H2,1-3H3. The van der Waals surface area contributed by atoms with Gasteiger partial charge in [0.2, 0.25) is 0 Å². The molecule has 0 aromatic carbocycles. The first-order valence-electron chi connectivity index (χ1n) is 6.44. The van der Waals surface area contributed by atoms with Crippen LogP contribution in [-0.4, -0.2) is 36.1 Å². The Labute approximate surface area is 108 Å². The van der Waals surface area contributed by atoms with Crippen LogP contribution < -0.4 is 5.32 Å². The number of hydrogen-bond donors (Lipinski definition) is 1. The summed E-state index contributed by atoms with van der Waals surface area (Å²) in [4.78, 5) is 7.27. The molecule has 1 aromatic rings. The summed E-state index contributed by atoms with van der Waals surface area (Å²) in [5.74, 6) is 0. The van der Waals surface area contributed by atoms with Crippen molar-refractivity contribution < 1.29 is 0 Å². The molecule has 0 unspecified atom stereocenters. The molecule has 4 heteroatoms. The predicted molar refractivity (Wildman–Crippen MR) is 73.6 cm³/mol. The van der Waals surface area contributed by atoms with Gasteiger partial charge in [-0.2, -0.15) is 0 Å². The number of thiazole rings is 1. The molecule has 1 aliphatic heterocycles. The average molecular weight is 253 g/mol. The minimum absolute atomic E-state index is 0.176. The van der Waals surface area contributed by atoms with Crippen molar-refractivity contribution in [3.05, 3.63) is 16.1 Å². The lowest BCUT2D eigenvalue weighted by molar-refractivity contribution is 0.283. The average Bonchev–Trinajstić information content (AvgIpc) is 2.56. The first-order valence-corrected chi connectivity index (χ1v) is 7.31. The molecule has 0 aliphatic carbocycles. The van der Waals surface area contributed by atoms with Crippen molar-refractivity contribution in [2.24, 2.45) is 0 Å². The van der Waals surface area contributed by atoms with Crippen LogP contribution in [0.4, 0.5) is 0 Å². The van der Waals surface area contributed by atoms with E-state index in [1.165, 1.54) is 23.7 Å². The van der Waals surface area contributed by atoms with Gasteiger partial charge in [0.05, 0.1) is 12.2 Å². The first-order chi connectivity index (χ1) is 8.05. The lowest BCUT2D eigenvalue weighted by Crippen LogP contribution is -2.27. The van der Waals surface area contributed by atoms with Crippen molar-refractivity contribution in [2.75, 3.05) is 26.2 Å². The number of nitrogens with one attached hydrogen (secondary N) is 1. The summed E-state index contributed by atoms with van der Waals surface area (Å²) in [6.45, 7) is 12.3. The molecule has 0 saturated carbocycles. The molecule has 2 heterocycles. The second-order valence-electron chi connectivity index (χ2n) is 5.76. The normalized spacial score (nSPS) is 19.2. The fourth-order valence-electron chi connectivity index (χ4n) is 1.98. The zero-order valence-electron chi connectivity index (χ0n) is 11.1. The van der Waals surface area contributed by atoms with Crippen molar-refractivity contribution in [2.45, 2.75) is 39.2 Å². The van der Waals surface area contributed by atoms with Gasteiger partial charge in [0.25, 0.3) is 0 Å². The molecule has 3 nitrogen and oxygen atoms in total. The van der Waals surface area contributed by atoms with Gasteiger partial charge in [0.15, 0.2) is 0 Å². The summed E-state index contributed by atoms with van der Waals surface area (Å²) in [5.41, 5.74) is 1.40. The summed E-state index contributed by atoms with van der Waals surface area (Å²) in [7, 11) is 0. The van der Waals surface area contributed by atoms with Crippen LogP contribution in [0.1, 0.15) is 37.9 Å². The van der Waals surface area contributed by atoms with Crippen LogP contribution in [0.5, 0.6) is 0 Å². The number of nitrogens with zero attached hydrogens (tertiary/aromatic N) is 2. The van der Waals surface area contributed by atoms with Crippen LogP contribution in [0, 0.1) is 0 Å². The van der Waals surface area contributed by atoms with E-state index in [0.29, 0.717) is 0 Å². The first kappa shape index (κ1) is 13.0.